The Morgan fingerprint density at radius 1 is 1.31 bits per heavy atom. The smallest absolute Gasteiger partial charge is 0.154 e. The number of furan rings is 1. The van der Waals surface area contributed by atoms with Crippen LogP contribution in [0.3, 0.4) is 0 Å². The summed E-state index contributed by atoms with van der Waals surface area (Å²) in [5, 5.41) is 1.86. The molecule has 13 heavy (non-hydrogen) atoms. The van der Waals surface area contributed by atoms with Crippen molar-refractivity contribution >= 4 is 34.2 Å². The van der Waals surface area contributed by atoms with Gasteiger partial charge in [0.25, 0.3) is 0 Å². The highest BCUT2D eigenvalue weighted by Gasteiger charge is 2.10. The third-order valence-electron chi connectivity index (χ3n) is 1.93. The monoisotopic (exact) mass is 215 g/mol. The van der Waals surface area contributed by atoms with Gasteiger partial charge >= 0.3 is 0 Å². The second-order valence-corrected chi connectivity index (χ2v) is 3.49. The molecule has 0 unspecified atom stereocenters. The average Bonchev–Trinajstić information content (AvgIpc) is 2.55. The van der Waals surface area contributed by atoms with Crippen molar-refractivity contribution in [2.45, 2.75) is 6.54 Å². The predicted octanol–water partition coefficient (Wildman–Crippen LogP) is 3.20. The van der Waals surface area contributed by atoms with Crippen LogP contribution in [0.15, 0.2) is 22.8 Å². The van der Waals surface area contributed by atoms with Crippen LogP contribution >= 0.6 is 23.2 Å². The third-order valence-corrected chi connectivity index (χ3v) is 2.72. The molecule has 0 aliphatic carbocycles. The molecule has 0 aliphatic heterocycles. The lowest BCUT2D eigenvalue weighted by Gasteiger charge is -1.96. The summed E-state index contributed by atoms with van der Waals surface area (Å²) in [6.07, 6.45) is 1.60. The normalized spacial score (nSPS) is 11.0. The summed E-state index contributed by atoms with van der Waals surface area (Å²) in [5.74, 6) is 0. The molecule has 2 N–H and O–H groups in total. The van der Waals surface area contributed by atoms with Crippen molar-refractivity contribution in [3.63, 3.8) is 0 Å². The van der Waals surface area contributed by atoms with Crippen LogP contribution in [-0.2, 0) is 6.54 Å². The first-order chi connectivity index (χ1) is 6.24. The van der Waals surface area contributed by atoms with Crippen molar-refractivity contribution in [2.75, 3.05) is 0 Å². The number of hydrogen-bond donors (Lipinski definition) is 1. The van der Waals surface area contributed by atoms with E-state index in [4.69, 9.17) is 33.4 Å². The van der Waals surface area contributed by atoms with Crippen LogP contribution in [0.5, 0.6) is 0 Å². The molecule has 0 bridgehead atoms. The first kappa shape index (κ1) is 8.88. The van der Waals surface area contributed by atoms with Crippen LogP contribution in [0.25, 0.3) is 11.0 Å². The zero-order valence-electron chi connectivity index (χ0n) is 6.68. The van der Waals surface area contributed by atoms with Crippen molar-refractivity contribution in [1.82, 2.24) is 0 Å². The quantitative estimate of drug-likeness (QED) is 0.794. The average molecular weight is 216 g/mol. The van der Waals surface area contributed by atoms with E-state index in [0.29, 0.717) is 22.2 Å². The van der Waals surface area contributed by atoms with E-state index in [9.17, 15) is 0 Å². The van der Waals surface area contributed by atoms with Crippen LogP contribution in [0.1, 0.15) is 5.56 Å². The van der Waals surface area contributed by atoms with E-state index < -0.39 is 0 Å². The molecule has 0 aliphatic rings. The van der Waals surface area contributed by atoms with Gasteiger partial charge in [0.15, 0.2) is 5.58 Å². The molecule has 2 aromatic rings. The van der Waals surface area contributed by atoms with Gasteiger partial charge in [-0.25, -0.2) is 0 Å². The number of rotatable bonds is 1. The Bertz CT molecular complexity index is 450. The highest BCUT2D eigenvalue weighted by molar-refractivity contribution is 6.44. The fourth-order valence-electron chi connectivity index (χ4n) is 1.25. The lowest BCUT2D eigenvalue weighted by Crippen LogP contribution is -1.93. The van der Waals surface area contributed by atoms with Crippen LogP contribution in [0.2, 0.25) is 10.0 Å². The molecule has 0 amide bonds. The van der Waals surface area contributed by atoms with Gasteiger partial charge in [0, 0.05) is 17.5 Å². The second kappa shape index (κ2) is 3.22. The minimum atomic E-state index is 0.435. The summed E-state index contributed by atoms with van der Waals surface area (Å²) in [6.45, 7) is 0.435. The molecule has 1 aromatic heterocycles. The standard InChI is InChI=1S/C9H7Cl2NO/c10-7-2-1-6-5(3-12)4-13-9(6)8(7)11/h1-2,4H,3,12H2. The number of fused-ring (bicyclic) bond motifs is 1. The molecule has 0 saturated carbocycles. The Morgan fingerprint density at radius 3 is 2.77 bits per heavy atom. The van der Waals surface area contributed by atoms with Gasteiger partial charge in [-0.1, -0.05) is 23.2 Å². The Hall–Kier alpha value is -0.700. The van der Waals surface area contributed by atoms with E-state index in [2.05, 4.69) is 0 Å². The van der Waals surface area contributed by atoms with Gasteiger partial charge in [-0.05, 0) is 12.1 Å². The van der Waals surface area contributed by atoms with E-state index in [1.165, 1.54) is 0 Å². The largest absolute Gasteiger partial charge is 0.462 e. The van der Waals surface area contributed by atoms with Crippen molar-refractivity contribution in [1.29, 1.82) is 0 Å². The fraction of sp³-hybridized carbons (Fsp3) is 0.111. The first-order valence-corrected chi connectivity index (χ1v) is 4.53. The summed E-state index contributed by atoms with van der Waals surface area (Å²) in [5.41, 5.74) is 7.06. The van der Waals surface area contributed by atoms with Crippen LogP contribution < -0.4 is 5.73 Å². The second-order valence-electron chi connectivity index (χ2n) is 2.70. The molecule has 2 nitrogen and oxygen atoms in total. The Morgan fingerprint density at radius 2 is 2.08 bits per heavy atom. The summed E-state index contributed by atoms with van der Waals surface area (Å²) >= 11 is 11.7. The molecule has 0 atom stereocenters. The summed E-state index contributed by atoms with van der Waals surface area (Å²) in [4.78, 5) is 0. The SMILES string of the molecule is NCc1coc2c(Cl)c(Cl)ccc12. The fourth-order valence-corrected chi connectivity index (χ4v) is 1.61. The van der Waals surface area contributed by atoms with Crippen LogP contribution in [0, 0.1) is 0 Å². The van der Waals surface area contributed by atoms with E-state index in [1.807, 2.05) is 6.07 Å². The Balaban J connectivity index is 2.81. The molecule has 68 valence electrons. The summed E-state index contributed by atoms with van der Waals surface area (Å²) < 4.78 is 5.26. The Kier molecular flexibility index (Phi) is 2.20. The molecular formula is C9H7Cl2NO. The molecule has 1 heterocycles. The first-order valence-electron chi connectivity index (χ1n) is 3.78. The molecule has 0 fully saturated rings. The number of benzene rings is 1. The zero-order valence-corrected chi connectivity index (χ0v) is 8.19. The van der Waals surface area contributed by atoms with Crippen molar-refractivity contribution in [3.05, 3.63) is 34.0 Å². The Labute approximate surface area is 85.2 Å². The highest BCUT2D eigenvalue weighted by Crippen LogP contribution is 2.33. The van der Waals surface area contributed by atoms with E-state index >= 15 is 0 Å². The molecular weight excluding hydrogens is 209 g/mol. The van der Waals surface area contributed by atoms with Crippen LogP contribution in [0.4, 0.5) is 0 Å². The zero-order chi connectivity index (χ0) is 9.42. The van der Waals surface area contributed by atoms with E-state index in [1.54, 1.807) is 12.3 Å². The highest BCUT2D eigenvalue weighted by atomic mass is 35.5. The maximum atomic E-state index is 5.93. The lowest BCUT2D eigenvalue weighted by atomic mass is 10.2. The topological polar surface area (TPSA) is 39.2 Å². The maximum Gasteiger partial charge on any atom is 0.154 e. The summed E-state index contributed by atoms with van der Waals surface area (Å²) in [6, 6.07) is 3.59. The van der Waals surface area contributed by atoms with Crippen molar-refractivity contribution in [3.8, 4) is 0 Å². The van der Waals surface area contributed by atoms with E-state index in [-0.39, 0.29) is 0 Å². The minimum Gasteiger partial charge on any atom is -0.462 e. The van der Waals surface area contributed by atoms with Gasteiger partial charge in [-0.2, -0.15) is 0 Å². The van der Waals surface area contributed by atoms with Gasteiger partial charge in [-0.15, -0.1) is 0 Å². The molecule has 1 aromatic carbocycles. The van der Waals surface area contributed by atoms with Crippen molar-refractivity contribution in [2.24, 2.45) is 5.73 Å². The molecule has 4 heteroatoms. The van der Waals surface area contributed by atoms with Gasteiger partial charge in [0.05, 0.1) is 11.3 Å². The van der Waals surface area contributed by atoms with Gasteiger partial charge < -0.3 is 10.2 Å². The molecule has 0 radical (unpaired) electrons. The number of nitrogens with two attached hydrogens (primary N) is 1. The summed E-state index contributed by atoms with van der Waals surface area (Å²) in [7, 11) is 0. The van der Waals surface area contributed by atoms with Gasteiger partial charge in [-0.3, -0.25) is 0 Å². The molecule has 0 saturated heterocycles. The van der Waals surface area contributed by atoms with E-state index in [0.717, 1.165) is 10.9 Å². The van der Waals surface area contributed by atoms with Gasteiger partial charge in [0.2, 0.25) is 0 Å². The minimum absolute atomic E-state index is 0.435. The van der Waals surface area contributed by atoms with Crippen molar-refractivity contribution < 1.29 is 4.42 Å². The molecule has 2 rings (SSSR count). The number of hydrogen-bond acceptors (Lipinski definition) is 2. The van der Waals surface area contributed by atoms with Gasteiger partial charge in [0.1, 0.15) is 5.02 Å². The lowest BCUT2D eigenvalue weighted by molar-refractivity contribution is 0.611. The predicted molar refractivity (Wildman–Crippen MR) is 54.1 cm³/mol. The van der Waals surface area contributed by atoms with Crippen LogP contribution in [-0.4, -0.2) is 0 Å². The third kappa shape index (κ3) is 1.31. The number of halogens is 2. The molecule has 0 spiro atoms. The maximum absolute atomic E-state index is 5.93.